The molecular weight excluding hydrogens is 432 g/mol. The third-order valence-electron chi connectivity index (χ3n) is 6.83. The van der Waals surface area contributed by atoms with Crippen molar-refractivity contribution in [3.8, 4) is 11.8 Å². The van der Waals surface area contributed by atoms with Gasteiger partial charge < -0.3 is 25.4 Å². The fraction of sp³-hybridized carbons (Fsp3) is 0.500. The fourth-order valence-electron chi connectivity index (χ4n) is 4.75. The van der Waals surface area contributed by atoms with Gasteiger partial charge in [0, 0.05) is 48.6 Å². The summed E-state index contributed by atoms with van der Waals surface area (Å²) in [4.78, 5) is 12.5. The van der Waals surface area contributed by atoms with Crippen LogP contribution in [0.5, 0.6) is 6.01 Å². The largest absolute Gasteiger partial charge is 0.467 e. The zero-order chi connectivity index (χ0) is 23.3. The molecule has 2 unspecified atom stereocenters. The highest BCUT2D eigenvalue weighted by Gasteiger charge is 2.45. The number of aliphatic hydroxyl groups excluding tert-OH is 1. The van der Waals surface area contributed by atoms with Crippen LogP contribution in [0.3, 0.4) is 0 Å². The number of hydrogen-bond acceptors (Lipinski definition) is 8. The molecule has 9 nitrogen and oxygen atoms in total. The molecule has 0 aliphatic carbocycles. The average molecular weight is 460 g/mol. The predicted molar refractivity (Wildman–Crippen MR) is 119 cm³/mol. The zero-order valence-electron chi connectivity index (χ0n) is 18.6. The van der Waals surface area contributed by atoms with Crippen molar-refractivity contribution in [1.29, 1.82) is 0 Å². The van der Waals surface area contributed by atoms with E-state index < -0.39 is 23.5 Å². The van der Waals surface area contributed by atoms with Gasteiger partial charge >= 0.3 is 6.01 Å². The Morgan fingerprint density at radius 2 is 1.97 bits per heavy atom. The second kappa shape index (κ2) is 8.15. The molecule has 0 amide bonds. The highest BCUT2D eigenvalue weighted by Crippen LogP contribution is 2.39. The molecule has 33 heavy (non-hydrogen) atoms. The third kappa shape index (κ3) is 3.60. The van der Waals surface area contributed by atoms with Crippen LogP contribution >= 0.6 is 0 Å². The van der Waals surface area contributed by atoms with Gasteiger partial charge in [0.25, 0.3) is 0 Å². The minimum absolute atomic E-state index is 0.00132. The van der Waals surface area contributed by atoms with E-state index in [-0.39, 0.29) is 24.7 Å². The Labute approximate surface area is 189 Å². The molecule has 3 aromatic rings. The van der Waals surface area contributed by atoms with Crippen molar-refractivity contribution in [3.63, 3.8) is 0 Å². The normalized spacial score (nSPS) is 24.3. The highest BCUT2D eigenvalue weighted by atomic mass is 19.1. The maximum absolute atomic E-state index is 15.3. The number of β-amino-alcohol motifs (C(OH)–C–C–N with tert-alkyl or cyclic N) is 1. The summed E-state index contributed by atoms with van der Waals surface area (Å²) in [5, 5.41) is 14.6. The van der Waals surface area contributed by atoms with Crippen molar-refractivity contribution in [1.82, 2.24) is 24.6 Å². The van der Waals surface area contributed by atoms with E-state index in [2.05, 4.69) is 15.1 Å². The number of fused-ring (bicyclic) bond motifs is 1. The van der Waals surface area contributed by atoms with Crippen LogP contribution in [0.25, 0.3) is 16.7 Å². The van der Waals surface area contributed by atoms with Crippen LogP contribution in [0.2, 0.25) is 0 Å². The Hall–Kier alpha value is -2.89. The van der Waals surface area contributed by atoms with E-state index in [1.54, 1.807) is 23.0 Å². The molecule has 2 aliphatic rings. The number of alkyl halides is 1. The minimum Gasteiger partial charge on any atom is -0.467 e. The first-order valence-corrected chi connectivity index (χ1v) is 10.9. The summed E-state index contributed by atoms with van der Waals surface area (Å²) in [7, 11) is 3.31. The van der Waals surface area contributed by atoms with Crippen LogP contribution in [0.1, 0.15) is 12.0 Å². The number of likely N-dealkylation sites (tertiary alicyclic amines) is 1. The molecule has 3 N–H and O–H groups in total. The van der Waals surface area contributed by atoms with E-state index >= 15 is 8.78 Å². The van der Waals surface area contributed by atoms with Crippen LogP contribution < -0.4 is 15.4 Å². The van der Waals surface area contributed by atoms with Crippen LogP contribution in [0.15, 0.2) is 24.4 Å². The standard InChI is InChI=1S/C22H27F2N7O2/c1-29-4-3-22(12-25,18(24)11-29)15-6-17-13(5-16(15)23)8-26-31(17)20-7-19(27-21(28-20)33-2)30-9-14(32)10-30/h5-8,14,18,32H,3-4,9-12,25H2,1-2H3. The summed E-state index contributed by atoms with van der Waals surface area (Å²) < 4.78 is 37.4. The molecule has 0 bridgehead atoms. The Morgan fingerprint density at radius 1 is 1.21 bits per heavy atom. The first-order chi connectivity index (χ1) is 15.8. The molecule has 1 aromatic carbocycles. The zero-order valence-corrected chi connectivity index (χ0v) is 18.6. The highest BCUT2D eigenvalue weighted by molar-refractivity contribution is 5.81. The lowest BCUT2D eigenvalue weighted by molar-refractivity contribution is 0.0754. The molecule has 4 heterocycles. The molecule has 0 spiro atoms. The summed E-state index contributed by atoms with van der Waals surface area (Å²) >= 11 is 0. The van der Waals surface area contributed by atoms with Crippen molar-refractivity contribution in [2.75, 3.05) is 51.8 Å². The van der Waals surface area contributed by atoms with Crippen molar-refractivity contribution in [2.24, 2.45) is 5.73 Å². The number of halogens is 2. The number of aromatic nitrogens is 4. The Kier molecular flexibility index (Phi) is 5.42. The number of benzene rings is 1. The molecule has 0 saturated carbocycles. The number of piperidine rings is 1. The van der Waals surface area contributed by atoms with Gasteiger partial charge in [0.2, 0.25) is 0 Å². The van der Waals surface area contributed by atoms with E-state index in [0.717, 1.165) is 0 Å². The van der Waals surface area contributed by atoms with Crippen LogP contribution in [-0.4, -0.2) is 88.9 Å². The lowest BCUT2D eigenvalue weighted by atomic mass is 9.71. The van der Waals surface area contributed by atoms with Gasteiger partial charge in [0.15, 0.2) is 5.82 Å². The number of methoxy groups -OCH3 is 1. The maximum atomic E-state index is 15.3. The van der Waals surface area contributed by atoms with Gasteiger partial charge in [-0.05, 0) is 32.1 Å². The van der Waals surface area contributed by atoms with Crippen molar-refractivity contribution in [3.05, 3.63) is 35.8 Å². The number of nitrogens with zero attached hydrogens (tertiary/aromatic N) is 6. The van der Waals surface area contributed by atoms with Gasteiger partial charge in [0.05, 0.1) is 24.9 Å². The van der Waals surface area contributed by atoms with Crippen LogP contribution in [-0.2, 0) is 5.41 Å². The molecule has 2 fully saturated rings. The van der Waals surface area contributed by atoms with Gasteiger partial charge in [-0.15, -0.1) is 0 Å². The van der Waals surface area contributed by atoms with Crippen molar-refractivity contribution >= 4 is 16.7 Å². The van der Waals surface area contributed by atoms with Gasteiger partial charge in [-0.3, -0.25) is 0 Å². The van der Waals surface area contributed by atoms with E-state index in [9.17, 15) is 5.11 Å². The summed E-state index contributed by atoms with van der Waals surface area (Å²) in [6, 6.07) is 4.90. The number of ether oxygens (including phenoxy) is 1. The molecule has 176 valence electrons. The molecular formula is C22H27F2N7O2. The summed E-state index contributed by atoms with van der Waals surface area (Å²) in [5.74, 6) is 0.522. The average Bonchev–Trinajstić information content (AvgIpc) is 3.19. The fourth-order valence-corrected chi connectivity index (χ4v) is 4.75. The van der Waals surface area contributed by atoms with Gasteiger partial charge in [-0.2, -0.15) is 15.1 Å². The molecule has 11 heteroatoms. The van der Waals surface area contributed by atoms with Gasteiger partial charge in [-0.25, -0.2) is 13.5 Å². The lowest BCUT2D eigenvalue weighted by Gasteiger charge is -2.43. The monoisotopic (exact) mass is 459 g/mol. The van der Waals surface area contributed by atoms with Gasteiger partial charge in [-0.1, -0.05) is 0 Å². The second-order valence-corrected chi connectivity index (χ2v) is 8.92. The molecule has 2 atom stereocenters. The van der Waals surface area contributed by atoms with E-state index in [0.29, 0.717) is 48.6 Å². The number of aliphatic hydroxyl groups is 1. The van der Waals surface area contributed by atoms with E-state index in [1.807, 2.05) is 16.8 Å². The van der Waals surface area contributed by atoms with E-state index in [1.165, 1.54) is 13.2 Å². The van der Waals surface area contributed by atoms with Crippen molar-refractivity contribution in [2.45, 2.75) is 24.1 Å². The number of anilines is 1. The number of rotatable bonds is 5. The first kappa shape index (κ1) is 21.9. The summed E-state index contributed by atoms with van der Waals surface area (Å²) in [5.41, 5.74) is 5.79. The van der Waals surface area contributed by atoms with E-state index in [4.69, 9.17) is 10.5 Å². The third-order valence-corrected chi connectivity index (χ3v) is 6.83. The maximum Gasteiger partial charge on any atom is 0.320 e. The molecule has 5 rings (SSSR count). The second-order valence-electron chi connectivity index (χ2n) is 8.92. The Balaban J connectivity index is 1.62. The molecule has 0 radical (unpaired) electrons. The predicted octanol–water partition coefficient (Wildman–Crippen LogP) is 1.01. The quantitative estimate of drug-likeness (QED) is 0.583. The van der Waals surface area contributed by atoms with Crippen molar-refractivity contribution < 1.29 is 18.6 Å². The van der Waals surface area contributed by atoms with Crippen LogP contribution in [0, 0.1) is 5.82 Å². The van der Waals surface area contributed by atoms with Gasteiger partial charge in [0.1, 0.15) is 17.8 Å². The smallest absolute Gasteiger partial charge is 0.320 e. The molecule has 2 aliphatic heterocycles. The summed E-state index contributed by atoms with van der Waals surface area (Å²) in [6.07, 6.45) is 0.260. The molecule has 2 aromatic heterocycles. The minimum atomic E-state index is -1.30. The topological polar surface area (TPSA) is 106 Å². The summed E-state index contributed by atoms with van der Waals surface area (Å²) in [6.45, 7) is 1.74. The Bertz CT molecular complexity index is 1180. The SMILES string of the molecule is COc1nc(N2CC(O)C2)cc(-n2ncc3cc(F)c(C4(CN)CCN(C)CC4F)cc32)n1. The van der Waals surface area contributed by atoms with Crippen LogP contribution in [0.4, 0.5) is 14.6 Å². The molecule has 2 saturated heterocycles. The number of hydrogen-bond donors (Lipinski definition) is 2. The lowest BCUT2D eigenvalue weighted by Crippen LogP contribution is -2.54. The Morgan fingerprint density at radius 3 is 2.64 bits per heavy atom. The first-order valence-electron chi connectivity index (χ1n) is 10.9. The number of nitrogens with two attached hydrogens (primary N) is 1.